The van der Waals surface area contributed by atoms with Crippen molar-refractivity contribution in [3.63, 3.8) is 0 Å². The molecule has 0 spiro atoms. The Morgan fingerprint density at radius 2 is 2.33 bits per heavy atom. The van der Waals surface area contributed by atoms with Gasteiger partial charge in [0.15, 0.2) is 5.78 Å². The SMILES string of the molecule is CN[C@@]1(c2sccc2F)CCCCC1=O. The molecule has 4 heteroatoms. The summed E-state index contributed by atoms with van der Waals surface area (Å²) in [7, 11) is 1.74. The third-order valence-electron chi connectivity index (χ3n) is 3.11. The maximum atomic E-state index is 13.6. The number of carbonyl (C=O) groups excluding carboxylic acids is 1. The fourth-order valence-electron chi connectivity index (χ4n) is 2.24. The van der Waals surface area contributed by atoms with Crippen LogP contribution in [0.3, 0.4) is 0 Å². The van der Waals surface area contributed by atoms with Crippen molar-refractivity contribution in [3.05, 3.63) is 22.1 Å². The molecular formula is C11H14FNOS. The Bertz CT molecular complexity index is 376. The fourth-order valence-corrected chi connectivity index (χ4v) is 3.27. The van der Waals surface area contributed by atoms with Crippen molar-refractivity contribution in [2.45, 2.75) is 31.2 Å². The van der Waals surface area contributed by atoms with Gasteiger partial charge in [-0.05, 0) is 31.3 Å². The molecule has 0 bridgehead atoms. The summed E-state index contributed by atoms with van der Waals surface area (Å²) >= 11 is 1.32. The zero-order valence-electron chi connectivity index (χ0n) is 8.68. The molecule has 1 fully saturated rings. The number of Topliss-reactive ketones (excluding diaryl/α,β-unsaturated/α-hetero) is 1. The molecule has 0 saturated heterocycles. The summed E-state index contributed by atoms with van der Waals surface area (Å²) in [5.74, 6) is -0.137. The van der Waals surface area contributed by atoms with Gasteiger partial charge in [-0.3, -0.25) is 4.79 Å². The van der Waals surface area contributed by atoms with Crippen molar-refractivity contribution < 1.29 is 9.18 Å². The highest BCUT2D eigenvalue weighted by molar-refractivity contribution is 7.10. The second-order valence-electron chi connectivity index (χ2n) is 3.88. The molecule has 82 valence electrons. The molecule has 1 aromatic rings. The largest absolute Gasteiger partial charge is 0.304 e. The summed E-state index contributed by atoms with van der Waals surface area (Å²) in [6, 6.07) is 1.43. The minimum atomic E-state index is -0.753. The van der Waals surface area contributed by atoms with E-state index < -0.39 is 5.54 Å². The van der Waals surface area contributed by atoms with E-state index in [1.54, 1.807) is 12.4 Å². The van der Waals surface area contributed by atoms with Crippen LogP contribution in [0.25, 0.3) is 0 Å². The van der Waals surface area contributed by atoms with Crippen LogP contribution in [-0.2, 0) is 10.3 Å². The Kier molecular flexibility index (Phi) is 2.89. The van der Waals surface area contributed by atoms with Crippen LogP contribution >= 0.6 is 11.3 Å². The number of hydrogen-bond donors (Lipinski definition) is 1. The first-order valence-corrected chi connectivity index (χ1v) is 6.04. The molecule has 2 rings (SSSR count). The summed E-state index contributed by atoms with van der Waals surface area (Å²) in [6.45, 7) is 0. The van der Waals surface area contributed by atoms with E-state index in [0.29, 0.717) is 17.7 Å². The normalized spacial score (nSPS) is 26.9. The number of likely N-dealkylation sites (N-methyl/N-ethyl adjacent to an activating group) is 1. The lowest BCUT2D eigenvalue weighted by atomic mass is 9.79. The Labute approximate surface area is 92.5 Å². The van der Waals surface area contributed by atoms with Crippen molar-refractivity contribution in [2.24, 2.45) is 0 Å². The summed E-state index contributed by atoms with van der Waals surface area (Å²) in [6.07, 6.45) is 3.16. The third-order valence-corrected chi connectivity index (χ3v) is 4.16. The van der Waals surface area contributed by atoms with Gasteiger partial charge >= 0.3 is 0 Å². The molecule has 1 aliphatic rings. The standard InChI is InChI=1S/C11H14FNOS/c1-13-11(6-3-2-4-9(11)14)10-8(12)5-7-15-10/h5,7,13H,2-4,6H2,1H3/t11-/m0/s1. The van der Waals surface area contributed by atoms with Crippen molar-refractivity contribution >= 4 is 17.1 Å². The number of hydrogen-bond acceptors (Lipinski definition) is 3. The molecule has 0 unspecified atom stereocenters. The first-order chi connectivity index (χ1) is 7.20. The van der Waals surface area contributed by atoms with Gasteiger partial charge in [-0.15, -0.1) is 11.3 Å². The lowest BCUT2D eigenvalue weighted by Crippen LogP contribution is -2.49. The molecule has 0 aromatic carbocycles. The van der Waals surface area contributed by atoms with E-state index in [-0.39, 0.29) is 11.6 Å². The molecule has 0 radical (unpaired) electrons. The van der Waals surface area contributed by atoms with Gasteiger partial charge in [-0.25, -0.2) is 4.39 Å². The molecule has 1 heterocycles. The van der Waals surface area contributed by atoms with Crippen LogP contribution in [0.4, 0.5) is 4.39 Å². The summed E-state index contributed by atoms with van der Waals surface area (Å²) < 4.78 is 13.6. The highest BCUT2D eigenvalue weighted by Crippen LogP contribution is 2.38. The number of rotatable bonds is 2. The van der Waals surface area contributed by atoms with Crippen LogP contribution in [0.2, 0.25) is 0 Å². The maximum Gasteiger partial charge on any atom is 0.158 e. The molecule has 1 N–H and O–H groups in total. The number of halogens is 1. The van der Waals surface area contributed by atoms with E-state index in [0.717, 1.165) is 12.8 Å². The van der Waals surface area contributed by atoms with Crippen molar-refractivity contribution in [1.82, 2.24) is 5.32 Å². The molecule has 0 amide bonds. The Morgan fingerprint density at radius 1 is 1.53 bits per heavy atom. The third kappa shape index (κ3) is 1.62. The van der Waals surface area contributed by atoms with Gasteiger partial charge < -0.3 is 5.32 Å². The Balaban J connectivity index is 2.44. The van der Waals surface area contributed by atoms with Gasteiger partial charge in [0.1, 0.15) is 11.4 Å². The highest BCUT2D eigenvalue weighted by Gasteiger charge is 2.42. The summed E-state index contributed by atoms with van der Waals surface area (Å²) in [4.78, 5) is 12.5. The average Bonchev–Trinajstić information content (AvgIpc) is 2.66. The van der Waals surface area contributed by atoms with E-state index in [2.05, 4.69) is 5.32 Å². The molecule has 1 aliphatic carbocycles. The van der Waals surface area contributed by atoms with Gasteiger partial charge in [-0.2, -0.15) is 0 Å². The lowest BCUT2D eigenvalue weighted by Gasteiger charge is -2.34. The summed E-state index contributed by atoms with van der Waals surface area (Å²) in [5, 5.41) is 4.73. The molecule has 1 aromatic heterocycles. The molecule has 1 atom stereocenters. The first kappa shape index (κ1) is 10.8. The fraction of sp³-hybridized carbons (Fsp3) is 0.545. The molecule has 0 aliphatic heterocycles. The second kappa shape index (κ2) is 4.02. The monoisotopic (exact) mass is 227 g/mol. The van der Waals surface area contributed by atoms with E-state index in [1.807, 2.05) is 0 Å². The van der Waals surface area contributed by atoms with Gasteiger partial charge in [-0.1, -0.05) is 6.42 Å². The van der Waals surface area contributed by atoms with Crippen molar-refractivity contribution in [2.75, 3.05) is 7.05 Å². The van der Waals surface area contributed by atoms with Gasteiger partial charge in [0.05, 0.1) is 4.88 Å². The zero-order valence-corrected chi connectivity index (χ0v) is 9.49. The highest BCUT2D eigenvalue weighted by atomic mass is 32.1. The van der Waals surface area contributed by atoms with Crippen LogP contribution in [0, 0.1) is 5.82 Å². The molecule has 1 saturated carbocycles. The summed E-state index contributed by atoms with van der Waals surface area (Å²) in [5.41, 5.74) is -0.753. The van der Waals surface area contributed by atoms with E-state index >= 15 is 0 Å². The number of ketones is 1. The van der Waals surface area contributed by atoms with Crippen molar-refractivity contribution in [3.8, 4) is 0 Å². The maximum absolute atomic E-state index is 13.6. The van der Waals surface area contributed by atoms with Crippen LogP contribution < -0.4 is 5.32 Å². The van der Waals surface area contributed by atoms with Gasteiger partial charge in [0.2, 0.25) is 0 Å². The zero-order chi connectivity index (χ0) is 10.9. The Hall–Kier alpha value is -0.740. The minimum Gasteiger partial charge on any atom is -0.304 e. The van der Waals surface area contributed by atoms with E-state index in [9.17, 15) is 9.18 Å². The number of thiophene rings is 1. The van der Waals surface area contributed by atoms with Gasteiger partial charge in [0, 0.05) is 6.42 Å². The predicted octanol–water partition coefficient (Wildman–Crippen LogP) is 2.45. The quantitative estimate of drug-likeness (QED) is 0.840. The molecule has 2 nitrogen and oxygen atoms in total. The van der Waals surface area contributed by atoms with E-state index in [4.69, 9.17) is 0 Å². The topological polar surface area (TPSA) is 29.1 Å². The van der Waals surface area contributed by atoms with E-state index in [1.165, 1.54) is 17.4 Å². The first-order valence-electron chi connectivity index (χ1n) is 5.16. The molecular weight excluding hydrogens is 213 g/mol. The molecule has 15 heavy (non-hydrogen) atoms. The number of nitrogens with one attached hydrogen (secondary N) is 1. The predicted molar refractivity (Wildman–Crippen MR) is 58.5 cm³/mol. The smallest absolute Gasteiger partial charge is 0.158 e. The van der Waals surface area contributed by atoms with Gasteiger partial charge in [0.25, 0.3) is 0 Å². The second-order valence-corrected chi connectivity index (χ2v) is 4.80. The number of carbonyl (C=O) groups is 1. The minimum absolute atomic E-state index is 0.123. The van der Waals surface area contributed by atoms with Crippen LogP contribution in [0.15, 0.2) is 11.4 Å². The Morgan fingerprint density at radius 3 is 2.87 bits per heavy atom. The average molecular weight is 227 g/mol. The van der Waals surface area contributed by atoms with Crippen LogP contribution in [0.1, 0.15) is 30.6 Å². The van der Waals surface area contributed by atoms with Crippen molar-refractivity contribution in [1.29, 1.82) is 0 Å². The van der Waals surface area contributed by atoms with Crippen LogP contribution in [0.5, 0.6) is 0 Å². The van der Waals surface area contributed by atoms with Crippen LogP contribution in [-0.4, -0.2) is 12.8 Å². The lowest BCUT2D eigenvalue weighted by molar-refractivity contribution is -0.127.